The highest BCUT2D eigenvalue weighted by atomic mass is 35.5. The zero-order valence-corrected chi connectivity index (χ0v) is 8.31. The van der Waals surface area contributed by atoms with Crippen molar-refractivity contribution in [3.8, 4) is 0 Å². The lowest BCUT2D eigenvalue weighted by atomic mass is 10.1. The van der Waals surface area contributed by atoms with Crippen molar-refractivity contribution in [3.05, 3.63) is 35.9 Å². The number of rotatable bonds is 2. The first-order chi connectivity index (χ1) is 6.43. The van der Waals surface area contributed by atoms with Crippen LogP contribution in [-0.2, 0) is 0 Å². The number of alkyl halides is 3. The summed E-state index contributed by atoms with van der Waals surface area (Å²) in [5, 5.41) is 0. The van der Waals surface area contributed by atoms with Gasteiger partial charge in [-0.3, -0.25) is 0 Å². The molecule has 1 aromatic rings. The molecule has 0 spiro atoms. The molecule has 0 heterocycles. The van der Waals surface area contributed by atoms with Crippen LogP contribution in [0.15, 0.2) is 30.3 Å². The smallest absolute Gasteiger partial charge is 0.169 e. The van der Waals surface area contributed by atoms with E-state index in [1.165, 1.54) is 24.3 Å². The van der Waals surface area contributed by atoms with Gasteiger partial charge in [0.2, 0.25) is 0 Å². The molecule has 1 unspecified atom stereocenters. The Morgan fingerprint density at radius 1 is 1.07 bits per heavy atom. The Morgan fingerprint density at radius 3 is 1.93 bits per heavy atom. The van der Waals surface area contributed by atoms with Crippen LogP contribution in [0.3, 0.4) is 0 Å². The predicted molar refractivity (Wildman–Crippen MR) is 48.8 cm³/mol. The molecular weight excluding hydrogens is 238 g/mol. The van der Waals surface area contributed by atoms with Gasteiger partial charge >= 0.3 is 6.18 Å². The second-order valence-electron chi connectivity index (χ2n) is 2.61. The zero-order valence-electron chi connectivity index (χ0n) is 6.80. The third-order valence-corrected chi connectivity index (χ3v) is 2.01. The van der Waals surface area contributed by atoms with Crippen molar-refractivity contribution < 1.29 is 13.2 Å². The summed E-state index contributed by atoms with van der Waals surface area (Å²) in [5.41, 5.74) is 0.00463. The van der Waals surface area contributed by atoms with Gasteiger partial charge in [-0.25, -0.2) is 0 Å². The summed E-state index contributed by atoms with van der Waals surface area (Å²) >= 11 is 10.3. The lowest BCUT2D eigenvalue weighted by Crippen LogP contribution is -2.27. The minimum absolute atomic E-state index is 0.00463. The van der Waals surface area contributed by atoms with E-state index < -0.39 is 12.2 Å². The number of benzene rings is 1. The molecule has 1 atom stereocenters. The minimum Gasteiger partial charge on any atom is -0.169 e. The van der Waals surface area contributed by atoms with Crippen molar-refractivity contribution in [1.82, 2.24) is 3.94 Å². The lowest BCUT2D eigenvalue weighted by Gasteiger charge is -2.22. The van der Waals surface area contributed by atoms with Crippen molar-refractivity contribution in [3.63, 3.8) is 0 Å². The molecule has 6 heteroatoms. The van der Waals surface area contributed by atoms with Gasteiger partial charge in [-0.15, -0.1) is 3.94 Å². The van der Waals surface area contributed by atoms with Gasteiger partial charge in [0.25, 0.3) is 0 Å². The van der Waals surface area contributed by atoms with E-state index in [1.54, 1.807) is 6.07 Å². The van der Waals surface area contributed by atoms with E-state index >= 15 is 0 Å². The Kier molecular flexibility index (Phi) is 3.64. The zero-order chi connectivity index (χ0) is 10.8. The average molecular weight is 244 g/mol. The number of hydrogen-bond donors (Lipinski definition) is 0. The van der Waals surface area contributed by atoms with Crippen LogP contribution in [0.25, 0.3) is 0 Å². The van der Waals surface area contributed by atoms with E-state index in [0.29, 0.717) is 0 Å². The van der Waals surface area contributed by atoms with E-state index in [1.807, 2.05) is 0 Å². The molecular formula is C8H6Cl2F3N. The highest BCUT2D eigenvalue weighted by molar-refractivity contribution is 6.34. The molecule has 78 valence electrons. The number of halogens is 5. The van der Waals surface area contributed by atoms with Gasteiger partial charge in [0, 0.05) is 0 Å². The minimum atomic E-state index is -4.50. The van der Waals surface area contributed by atoms with Gasteiger partial charge in [-0.1, -0.05) is 30.3 Å². The molecule has 0 saturated carbocycles. The molecule has 1 aromatic carbocycles. The molecule has 14 heavy (non-hydrogen) atoms. The van der Waals surface area contributed by atoms with E-state index in [0.717, 1.165) is 0 Å². The third-order valence-electron chi connectivity index (χ3n) is 1.62. The van der Waals surface area contributed by atoms with Crippen LogP contribution in [0.2, 0.25) is 0 Å². The third kappa shape index (κ3) is 2.77. The average Bonchev–Trinajstić information content (AvgIpc) is 2.02. The first kappa shape index (κ1) is 11.6. The van der Waals surface area contributed by atoms with Crippen LogP contribution in [0.4, 0.5) is 13.2 Å². The van der Waals surface area contributed by atoms with Gasteiger partial charge in [-0.05, 0) is 29.1 Å². The largest absolute Gasteiger partial charge is 0.410 e. The summed E-state index contributed by atoms with van der Waals surface area (Å²) in [7, 11) is 0. The van der Waals surface area contributed by atoms with Gasteiger partial charge in [0.15, 0.2) is 6.04 Å². The standard InChI is InChI=1S/C8H6Cl2F3N/c9-14(10)7(8(11,12)13)6-4-2-1-3-5-6/h1-5,7H. The molecule has 1 nitrogen and oxygen atoms in total. The number of hydrogen-bond acceptors (Lipinski definition) is 1. The van der Waals surface area contributed by atoms with Crippen LogP contribution in [0.1, 0.15) is 11.6 Å². The summed E-state index contributed by atoms with van der Waals surface area (Å²) in [4.78, 5) is 0. The van der Waals surface area contributed by atoms with Crippen LogP contribution < -0.4 is 0 Å². The Bertz CT molecular complexity index is 286. The van der Waals surface area contributed by atoms with Gasteiger partial charge in [-0.2, -0.15) is 13.2 Å². The van der Waals surface area contributed by atoms with E-state index in [2.05, 4.69) is 0 Å². The van der Waals surface area contributed by atoms with Crippen LogP contribution >= 0.6 is 23.6 Å². The molecule has 0 aliphatic heterocycles. The maximum atomic E-state index is 12.4. The Labute approximate surface area is 89.2 Å². The van der Waals surface area contributed by atoms with Crippen molar-refractivity contribution >= 4 is 23.6 Å². The fourth-order valence-corrected chi connectivity index (χ4v) is 1.49. The van der Waals surface area contributed by atoms with Gasteiger partial charge in [0.05, 0.1) is 0 Å². The summed E-state index contributed by atoms with van der Waals surface area (Å²) in [6.07, 6.45) is -4.50. The maximum Gasteiger partial charge on any atom is 0.410 e. The van der Waals surface area contributed by atoms with Crippen molar-refractivity contribution in [2.24, 2.45) is 0 Å². The quantitative estimate of drug-likeness (QED) is 0.713. The normalized spacial score (nSPS) is 14.4. The molecule has 0 aliphatic rings. The van der Waals surface area contributed by atoms with Gasteiger partial charge < -0.3 is 0 Å². The fourth-order valence-electron chi connectivity index (χ4n) is 1.05. The molecule has 0 amide bonds. The maximum absolute atomic E-state index is 12.4. The van der Waals surface area contributed by atoms with E-state index in [4.69, 9.17) is 23.6 Å². The van der Waals surface area contributed by atoms with Crippen molar-refractivity contribution in [1.29, 1.82) is 0 Å². The second kappa shape index (κ2) is 4.38. The Morgan fingerprint density at radius 2 is 1.57 bits per heavy atom. The molecule has 0 saturated heterocycles. The highest BCUT2D eigenvalue weighted by Gasteiger charge is 2.44. The predicted octanol–water partition coefficient (Wildman–Crippen LogP) is 3.90. The first-order valence-electron chi connectivity index (χ1n) is 3.65. The highest BCUT2D eigenvalue weighted by Crippen LogP contribution is 2.39. The lowest BCUT2D eigenvalue weighted by molar-refractivity contribution is -0.164. The number of nitrogens with zero attached hydrogens (tertiary/aromatic N) is 1. The first-order valence-corrected chi connectivity index (χ1v) is 4.33. The second-order valence-corrected chi connectivity index (χ2v) is 3.52. The molecule has 0 fully saturated rings. The molecule has 0 radical (unpaired) electrons. The molecule has 1 rings (SSSR count). The molecule has 0 bridgehead atoms. The SMILES string of the molecule is FC(F)(F)C(c1ccccc1)N(Cl)Cl. The molecule has 0 aromatic heterocycles. The summed E-state index contributed by atoms with van der Waals surface area (Å²) < 4.78 is 37.4. The van der Waals surface area contributed by atoms with Crippen LogP contribution in [-0.4, -0.2) is 10.1 Å². The van der Waals surface area contributed by atoms with E-state index in [-0.39, 0.29) is 9.50 Å². The summed E-state index contributed by atoms with van der Waals surface area (Å²) in [6.45, 7) is 0. The van der Waals surface area contributed by atoms with Gasteiger partial charge in [0.1, 0.15) is 0 Å². The molecule has 0 aliphatic carbocycles. The van der Waals surface area contributed by atoms with Crippen LogP contribution in [0.5, 0.6) is 0 Å². The summed E-state index contributed by atoms with van der Waals surface area (Å²) in [5.74, 6) is 0. The summed E-state index contributed by atoms with van der Waals surface area (Å²) in [6, 6.07) is 5.23. The molecule has 0 N–H and O–H groups in total. The monoisotopic (exact) mass is 243 g/mol. The Hall–Kier alpha value is -0.450. The Balaban J connectivity index is 3.02. The van der Waals surface area contributed by atoms with Crippen molar-refractivity contribution in [2.45, 2.75) is 12.2 Å². The fraction of sp³-hybridized carbons (Fsp3) is 0.250. The van der Waals surface area contributed by atoms with Crippen LogP contribution in [0, 0.1) is 0 Å². The topological polar surface area (TPSA) is 3.24 Å². The van der Waals surface area contributed by atoms with E-state index in [9.17, 15) is 13.2 Å². The van der Waals surface area contributed by atoms with Crippen molar-refractivity contribution in [2.75, 3.05) is 0 Å².